The van der Waals surface area contributed by atoms with Gasteiger partial charge in [-0.05, 0) is 113 Å². The largest absolute Gasteiger partial charge is 0.0991 e. The van der Waals surface area contributed by atoms with Gasteiger partial charge in [0, 0.05) is 15.3 Å². The molecule has 0 nitrogen and oxygen atoms in total. The van der Waals surface area contributed by atoms with E-state index in [-0.39, 0.29) is 16.2 Å². The second-order valence-corrected chi connectivity index (χ2v) is 17.7. The number of allylic oxidation sites excluding steroid dienone is 19. The van der Waals surface area contributed by atoms with Crippen molar-refractivity contribution in [3.8, 4) is 11.1 Å². The fourth-order valence-corrected chi connectivity index (χ4v) is 8.94. The van der Waals surface area contributed by atoms with Gasteiger partial charge in [0.25, 0.3) is 0 Å². The Balaban J connectivity index is 0.000000196. The summed E-state index contributed by atoms with van der Waals surface area (Å²) in [5.41, 5.74) is 15.3. The quantitative estimate of drug-likeness (QED) is 0.132. The van der Waals surface area contributed by atoms with Gasteiger partial charge in [0.2, 0.25) is 0 Å². The SMILES string of the molecule is C=C/C=C(\C=C1/Cc2ccc(Br)cc2C1(C)C)Cc1ccc(-c2ccccc2)cc1.C\C=C/C=C\C=C\C1(C/C=C\C=C/C)C2=CC(C)(C)CC=C2c2ccccc21. The summed E-state index contributed by atoms with van der Waals surface area (Å²) in [6.45, 7) is 17.4. The van der Waals surface area contributed by atoms with E-state index in [1.165, 1.54) is 61.2 Å². The predicted molar refractivity (Wildman–Crippen MR) is 257 cm³/mol. The van der Waals surface area contributed by atoms with E-state index in [1.54, 1.807) is 0 Å². The second kappa shape index (κ2) is 19.0. The van der Waals surface area contributed by atoms with Crippen LogP contribution in [0, 0.1) is 5.41 Å². The number of hydrogen-bond acceptors (Lipinski definition) is 0. The molecule has 0 bridgehead atoms. The van der Waals surface area contributed by atoms with Gasteiger partial charge in [-0.15, -0.1) is 0 Å². The summed E-state index contributed by atoms with van der Waals surface area (Å²) in [6.07, 6.45) is 37.0. The van der Waals surface area contributed by atoms with E-state index in [0.717, 1.165) is 30.2 Å². The third-order valence-electron chi connectivity index (χ3n) is 11.7. The molecule has 1 atom stereocenters. The summed E-state index contributed by atoms with van der Waals surface area (Å²) in [6, 6.07) is 35.1. The highest BCUT2D eigenvalue weighted by Gasteiger charge is 2.44. The first kappa shape index (κ1) is 42.4. The Labute approximate surface area is 358 Å². The highest BCUT2D eigenvalue weighted by molar-refractivity contribution is 9.10. The van der Waals surface area contributed by atoms with Crippen LogP contribution in [-0.4, -0.2) is 0 Å². The van der Waals surface area contributed by atoms with Crippen molar-refractivity contribution in [2.75, 3.05) is 0 Å². The summed E-state index contributed by atoms with van der Waals surface area (Å²) in [4.78, 5) is 0. The Hall–Kier alpha value is -5.24. The molecule has 0 saturated heterocycles. The highest BCUT2D eigenvalue weighted by Crippen LogP contribution is 2.56. The van der Waals surface area contributed by atoms with Crippen LogP contribution in [0.5, 0.6) is 0 Å². The molecule has 0 saturated carbocycles. The molecule has 1 heteroatoms. The first-order chi connectivity index (χ1) is 28.0. The molecule has 0 spiro atoms. The number of rotatable bonds is 11. The van der Waals surface area contributed by atoms with Gasteiger partial charge in [-0.2, -0.15) is 0 Å². The van der Waals surface area contributed by atoms with E-state index < -0.39 is 0 Å². The molecule has 294 valence electrons. The predicted octanol–water partition coefficient (Wildman–Crippen LogP) is 16.1. The van der Waals surface area contributed by atoms with Crippen LogP contribution >= 0.6 is 15.9 Å². The Kier molecular flexibility index (Phi) is 13.9. The molecule has 0 radical (unpaired) electrons. The van der Waals surface area contributed by atoms with Crippen LogP contribution in [-0.2, 0) is 23.7 Å². The van der Waals surface area contributed by atoms with Gasteiger partial charge in [-0.1, -0.05) is 232 Å². The van der Waals surface area contributed by atoms with Crippen LogP contribution in [0.15, 0.2) is 216 Å². The zero-order valence-electron chi connectivity index (χ0n) is 35.3. The molecule has 58 heavy (non-hydrogen) atoms. The van der Waals surface area contributed by atoms with Crippen molar-refractivity contribution in [2.45, 2.75) is 78.1 Å². The molecule has 0 N–H and O–H groups in total. The summed E-state index contributed by atoms with van der Waals surface area (Å²) in [5.74, 6) is 0. The number of hydrogen-bond donors (Lipinski definition) is 0. The average Bonchev–Trinajstić information content (AvgIpc) is 3.62. The van der Waals surface area contributed by atoms with Crippen LogP contribution in [0.1, 0.15) is 82.2 Å². The first-order valence-corrected chi connectivity index (χ1v) is 21.6. The fourth-order valence-electron chi connectivity index (χ4n) is 8.58. The van der Waals surface area contributed by atoms with Crippen LogP contribution in [0.25, 0.3) is 16.7 Å². The van der Waals surface area contributed by atoms with Crippen molar-refractivity contribution >= 4 is 21.5 Å². The summed E-state index contributed by atoms with van der Waals surface area (Å²) in [7, 11) is 0. The van der Waals surface area contributed by atoms with Crippen LogP contribution < -0.4 is 0 Å². The minimum absolute atomic E-state index is 0.0382. The van der Waals surface area contributed by atoms with E-state index in [4.69, 9.17) is 0 Å². The monoisotopic (exact) mass is 822 g/mol. The van der Waals surface area contributed by atoms with E-state index in [0.29, 0.717) is 0 Å². The van der Waals surface area contributed by atoms with E-state index >= 15 is 0 Å². The van der Waals surface area contributed by atoms with Gasteiger partial charge < -0.3 is 0 Å². The summed E-state index contributed by atoms with van der Waals surface area (Å²) >= 11 is 3.63. The lowest BCUT2D eigenvalue weighted by atomic mass is 9.70. The maximum absolute atomic E-state index is 3.95. The van der Waals surface area contributed by atoms with Gasteiger partial charge in [-0.3, -0.25) is 0 Å². The zero-order chi connectivity index (χ0) is 41.2. The molecule has 0 fully saturated rings. The molecule has 4 aromatic rings. The first-order valence-electron chi connectivity index (χ1n) is 20.8. The van der Waals surface area contributed by atoms with Gasteiger partial charge in [0.15, 0.2) is 0 Å². The van der Waals surface area contributed by atoms with Gasteiger partial charge in [0.1, 0.15) is 0 Å². The molecular weight excluding hydrogens is 765 g/mol. The minimum atomic E-state index is -0.113. The highest BCUT2D eigenvalue weighted by atomic mass is 79.9. The molecule has 3 aliphatic carbocycles. The topological polar surface area (TPSA) is 0 Å². The Bertz CT molecular complexity index is 2360. The Morgan fingerprint density at radius 2 is 1.43 bits per heavy atom. The third-order valence-corrected chi connectivity index (χ3v) is 12.2. The molecule has 4 aromatic carbocycles. The van der Waals surface area contributed by atoms with Crippen molar-refractivity contribution < 1.29 is 0 Å². The van der Waals surface area contributed by atoms with Crippen molar-refractivity contribution in [3.05, 3.63) is 244 Å². The van der Waals surface area contributed by atoms with Crippen molar-refractivity contribution in [1.29, 1.82) is 0 Å². The normalized spacial score (nSPS) is 20.1. The molecule has 0 amide bonds. The van der Waals surface area contributed by atoms with Crippen LogP contribution in [0.4, 0.5) is 0 Å². The lowest BCUT2D eigenvalue weighted by molar-refractivity contribution is 0.474. The molecule has 1 unspecified atom stereocenters. The number of fused-ring (bicyclic) bond motifs is 4. The fraction of sp³-hybridized carbons (Fsp3) is 0.228. The van der Waals surface area contributed by atoms with Crippen LogP contribution in [0.3, 0.4) is 0 Å². The van der Waals surface area contributed by atoms with Gasteiger partial charge >= 0.3 is 0 Å². The minimum Gasteiger partial charge on any atom is -0.0991 e. The van der Waals surface area contributed by atoms with Crippen molar-refractivity contribution in [3.63, 3.8) is 0 Å². The molecule has 0 heterocycles. The number of benzene rings is 4. The lowest BCUT2D eigenvalue weighted by Crippen LogP contribution is -2.25. The second-order valence-electron chi connectivity index (χ2n) is 16.8. The molecule has 3 aliphatic rings. The van der Waals surface area contributed by atoms with Gasteiger partial charge in [-0.25, -0.2) is 0 Å². The standard InChI is InChI=1S/C29H27Br.C28H32/c1-4-8-22(17-21-11-13-24(14-12-21)23-9-6-5-7-10-23)18-26-19-25-15-16-27(30)20-28(25)29(26,2)3;1-5-7-9-11-15-20-28(19-14-10-8-6-2)25-17-13-12-16-23(25)24-18-21-27(3,4)22-26(24)28/h4-16,18,20H,1,17,19H2,2-3H3;5-18,20,22H,19,21H2,1-4H3/b22-8-,26-18+;7-5-,8-6-,11-9-,14-10-,20-15+. The maximum Gasteiger partial charge on any atom is 0.0428 e. The van der Waals surface area contributed by atoms with Gasteiger partial charge in [0.05, 0.1) is 0 Å². The van der Waals surface area contributed by atoms with E-state index in [9.17, 15) is 0 Å². The Morgan fingerprint density at radius 1 is 0.741 bits per heavy atom. The molecule has 0 aliphatic heterocycles. The average molecular weight is 824 g/mol. The zero-order valence-corrected chi connectivity index (χ0v) is 36.9. The third kappa shape index (κ3) is 9.71. The summed E-state index contributed by atoms with van der Waals surface area (Å²) < 4.78 is 1.15. The molecular formula is C57H59Br. The van der Waals surface area contributed by atoms with E-state index in [2.05, 4.69) is 239 Å². The lowest BCUT2D eigenvalue weighted by Gasteiger charge is -2.33. The molecule has 0 aromatic heterocycles. The molecule has 7 rings (SSSR count). The van der Waals surface area contributed by atoms with Crippen molar-refractivity contribution in [2.24, 2.45) is 5.41 Å². The Morgan fingerprint density at radius 3 is 2.17 bits per heavy atom. The van der Waals surface area contributed by atoms with Crippen molar-refractivity contribution in [1.82, 2.24) is 0 Å². The van der Waals surface area contributed by atoms with E-state index in [1.807, 2.05) is 13.0 Å². The summed E-state index contributed by atoms with van der Waals surface area (Å²) in [5, 5.41) is 0. The number of halogens is 1. The smallest absolute Gasteiger partial charge is 0.0428 e. The maximum atomic E-state index is 3.95. The van der Waals surface area contributed by atoms with Crippen LogP contribution in [0.2, 0.25) is 0 Å².